The summed E-state index contributed by atoms with van der Waals surface area (Å²) < 4.78 is 165. The summed E-state index contributed by atoms with van der Waals surface area (Å²) in [7, 11) is 0. The smallest absolute Gasteiger partial charge is 0.396 e. The molecule has 4 aliphatic rings. The molecule has 2 unspecified atom stereocenters. The average molecular weight is 1710 g/mol. The minimum Gasteiger partial charge on any atom is -0.396 e. The van der Waals surface area contributed by atoms with Crippen LogP contribution < -0.4 is 21.3 Å². The third kappa shape index (κ3) is 21.1. The fraction of sp³-hybridized carbons (Fsp3) is 0.443. The van der Waals surface area contributed by atoms with Crippen LogP contribution in [0.1, 0.15) is 169 Å². The number of nitrogens with one attached hydrogen (secondary N) is 4. The first-order valence-corrected chi connectivity index (χ1v) is 40.9. The SMILES string of the molecule is Cc1cc(-c2nnc(NCC(C)(C)CO)s2)nc2c(C(F)(F)F)cc(C3CC3)cc12.Cc1cc(-c2nnc(NCC(O)CO)s2)nc2c(C(F)(F)F)cc(C3CC3)cc12.Cc1cc(-c2nnc(NCCC(C)O)s2)nc2c(C(F)(F)F)cc(C3CC3)cc12.Cc1cc(-c2nnc(NC[C@@H](O)CO)s2)nc2c(C(F)(F)F)cc(C3CC3)cc12. The number of benzene rings is 4. The maximum absolute atomic E-state index is 13.8. The number of halogens is 12. The number of aliphatic hydroxyl groups excluding tert-OH is 6. The first-order chi connectivity index (χ1) is 55.3. The Bertz CT molecular complexity index is 5420. The summed E-state index contributed by atoms with van der Waals surface area (Å²) in [6.07, 6.45) is -12.3. The van der Waals surface area contributed by atoms with Gasteiger partial charge in [-0.15, -0.1) is 40.8 Å². The Labute approximate surface area is 677 Å². The van der Waals surface area contributed by atoms with Gasteiger partial charge in [0.15, 0.2) is 20.0 Å². The van der Waals surface area contributed by atoms with E-state index in [0.29, 0.717) is 127 Å². The van der Waals surface area contributed by atoms with Crippen molar-refractivity contribution < 1.29 is 83.3 Å². The van der Waals surface area contributed by atoms with Gasteiger partial charge in [-0.3, -0.25) is 0 Å². The molecule has 16 rings (SSSR count). The average Bonchev–Trinajstić information content (AvgIpc) is 1.76. The molecule has 117 heavy (non-hydrogen) atoms. The molecule has 0 saturated heterocycles. The summed E-state index contributed by atoms with van der Waals surface area (Å²) in [5, 5.41) is 105. The molecular weight excluding hydrogens is 1630 g/mol. The Morgan fingerprint density at radius 2 is 0.632 bits per heavy atom. The summed E-state index contributed by atoms with van der Waals surface area (Å²) in [5.41, 5.74) is 3.70. The van der Waals surface area contributed by atoms with Crippen LogP contribution in [-0.2, 0) is 24.7 Å². The highest BCUT2D eigenvalue weighted by molar-refractivity contribution is 7.19. The summed E-state index contributed by atoms with van der Waals surface area (Å²) in [6.45, 7) is 13.0. The van der Waals surface area contributed by atoms with Crippen LogP contribution in [0.4, 0.5) is 73.2 Å². The number of rotatable bonds is 24. The van der Waals surface area contributed by atoms with E-state index in [9.17, 15) is 73.1 Å². The van der Waals surface area contributed by atoms with E-state index in [2.05, 4.69) is 82.0 Å². The highest BCUT2D eigenvalue weighted by Crippen LogP contribution is 2.50. The molecule has 22 nitrogen and oxygen atoms in total. The number of aromatic nitrogens is 12. The highest BCUT2D eigenvalue weighted by atomic mass is 32.1. The molecular formula is C79H82F12N16O6S4. The monoisotopic (exact) mass is 1710 g/mol. The van der Waals surface area contributed by atoms with Crippen molar-refractivity contribution in [2.24, 2.45) is 5.41 Å². The van der Waals surface area contributed by atoms with Gasteiger partial charge in [-0.2, -0.15) is 52.7 Å². The minimum absolute atomic E-state index is 0.0140. The number of alkyl halides is 12. The fourth-order valence-corrected chi connectivity index (χ4v) is 15.7. The van der Waals surface area contributed by atoms with Crippen molar-refractivity contribution in [3.63, 3.8) is 0 Å². The van der Waals surface area contributed by atoms with Crippen LogP contribution in [0, 0.1) is 33.1 Å². The molecule has 12 aromatic rings. The summed E-state index contributed by atoms with van der Waals surface area (Å²) in [6, 6.07) is 19.2. The molecule has 8 aromatic heterocycles. The van der Waals surface area contributed by atoms with E-state index < -0.39 is 78.5 Å². The van der Waals surface area contributed by atoms with Crippen molar-refractivity contribution in [2.45, 2.75) is 173 Å². The van der Waals surface area contributed by atoms with Crippen LogP contribution >= 0.6 is 45.3 Å². The molecule has 0 bridgehead atoms. The first-order valence-electron chi connectivity index (χ1n) is 37.6. The van der Waals surface area contributed by atoms with Gasteiger partial charge in [0, 0.05) is 59.7 Å². The third-order valence-corrected chi connectivity index (χ3v) is 23.6. The molecule has 0 amide bonds. The molecule has 4 aromatic carbocycles. The van der Waals surface area contributed by atoms with Gasteiger partial charge in [0.2, 0.25) is 20.5 Å². The van der Waals surface area contributed by atoms with E-state index in [0.717, 1.165) is 96.3 Å². The maximum atomic E-state index is 13.8. The zero-order valence-electron chi connectivity index (χ0n) is 64.0. The number of hydrogen-bond acceptors (Lipinski definition) is 26. The van der Waals surface area contributed by atoms with Gasteiger partial charge >= 0.3 is 24.7 Å². The van der Waals surface area contributed by atoms with Gasteiger partial charge < -0.3 is 51.9 Å². The lowest BCUT2D eigenvalue weighted by Gasteiger charge is -2.21. The summed E-state index contributed by atoms with van der Waals surface area (Å²) >= 11 is 4.69. The Hall–Kier alpha value is -9.12. The predicted molar refractivity (Wildman–Crippen MR) is 427 cm³/mol. The normalized spacial score (nSPS) is 15.5. The van der Waals surface area contributed by atoms with Crippen molar-refractivity contribution in [3.8, 4) is 42.8 Å². The van der Waals surface area contributed by atoms with Crippen LogP contribution in [0.5, 0.6) is 0 Å². The van der Waals surface area contributed by atoms with Gasteiger partial charge in [-0.25, -0.2) is 19.9 Å². The largest absolute Gasteiger partial charge is 0.418 e. The number of hydrogen-bond donors (Lipinski definition) is 10. The zero-order valence-corrected chi connectivity index (χ0v) is 67.3. The molecule has 4 saturated carbocycles. The molecule has 0 spiro atoms. The fourth-order valence-electron chi connectivity index (χ4n) is 12.9. The van der Waals surface area contributed by atoms with Gasteiger partial charge in [0.25, 0.3) is 0 Å². The van der Waals surface area contributed by atoms with E-state index in [4.69, 9.17) is 10.2 Å². The lowest BCUT2D eigenvalue weighted by molar-refractivity contribution is -0.137. The van der Waals surface area contributed by atoms with E-state index in [1.807, 2.05) is 38.1 Å². The Morgan fingerprint density at radius 1 is 0.376 bits per heavy atom. The van der Waals surface area contributed by atoms with Gasteiger partial charge in [0.1, 0.15) is 22.8 Å². The van der Waals surface area contributed by atoms with Crippen LogP contribution in [0.15, 0.2) is 72.8 Å². The highest BCUT2D eigenvalue weighted by Gasteiger charge is 2.41. The molecule has 38 heteroatoms. The van der Waals surface area contributed by atoms with Crippen LogP contribution in [0.25, 0.3) is 86.4 Å². The van der Waals surface area contributed by atoms with Crippen molar-refractivity contribution in [1.29, 1.82) is 0 Å². The van der Waals surface area contributed by atoms with Crippen molar-refractivity contribution in [2.75, 3.05) is 67.3 Å². The third-order valence-electron chi connectivity index (χ3n) is 19.9. The quantitative estimate of drug-likeness (QED) is 0.0251. The summed E-state index contributed by atoms with van der Waals surface area (Å²) in [4.78, 5) is 17.3. The number of nitrogens with zero attached hydrogens (tertiary/aromatic N) is 12. The van der Waals surface area contributed by atoms with Crippen LogP contribution in [-0.4, -0.2) is 156 Å². The second kappa shape index (κ2) is 34.7. The molecule has 4 aliphatic carbocycles. The predicted octanol–water partition coefficient (Wildman–Crippen LogP) is 18.0. The number of aryl methyl sites for hydroxylation is 4. The molecule has 8 heterocycles. The van der Waals surface area contributed by atoms with Gasteiger partial charge in [-0.05, 0) is 233 Å². The Kier molecular flexibility index (Phi) is 25.4. The molecule has 4 fully saturated rings. The number of pyridine rings is 4. The molecule has 0 radical (unpaired) electrons. The number of aliphatic hydroxyl groups is 6. The van der Waals surface area contributed by atoms with E-state index in [-0.39, 0.29) is 70.8 Å². The molecule has 0 aliphatic heterocycles. The number of anilines is 4. The lowest BCUT2D eigenvalue weighted by atomic mass is 9.95. The topological polar surface area (TPSA) is 324 Å². The van der Waals surface area contributed by atoms with Crippen LogP contribution in [0.2, 0.25) is 0 Å². The van der Waals surface area contributed by atoms with Crippen LogP contribution in [0.3, 0.4) is 0 Å². The Balaban J connectivity index is 0.000000135. The molecule has 622 valence electrons. The van der Waals surface area contributed by atoms with Gasteiger partial charge in [0.05, 0.1) is 75.8 Å². The van der Waals surface area contributed by atoms with Crippen molar-refractivity contribution >= 4 is 109 Å². The lowest BCUT2D eigenvalue weighted by Crippen LogP contribution is -2.26. The second-order valence-corrected chi connectivity index (χ2v) is 34.5. The van der Waals surface area contributed by atoms with Crippen molar-refractivity contribution in [3.05, 3.63) is 140 Å². The van der Waals surface area contributed by atoms with Gasteiger partial charge in [-0.1, -0.05) is 59.2 Å². The minimum atomic E-state index is -4.50. The van der Waals surface area contributed by atoms with E-state index in [1.165, 1.54) is 46.9 Å². The first kappa shape index (κ1) is 85.8. The maximum Gasteiger partial charge on any atom is 0.418 e. The van der Waals surface area contributed by atoms with E-state index in [1.54, 1.807) is 58.9 Å². The zero-order chi connectivity index (χ0) is 84.0. The van der Waals surface area contributed by atoms with E-state index >= 15 is 0 Å². The summed E-state index contributed by atoms with van der Waals surface area (Å²) in [5.74, 6) is 0.837. The number of fused-ring (bicyclic) bond motifs is 4. The Morgan fingerprint density at radius 3 is 0.863 bits per heavy atom. The molecule has 10 N–H and O–H groups in total. The van der Waals surface area contributed by atoms with Crippen molar-refractivity contribution in [1.82, 2.24) is 60.7 Å². The molecule has 3 atom stereocenters. The standard InChI is InChI=1S/C21H23F3N4OS.C20H21F3N4OS.2C19H19F3N4O2S/c1-11-6-16(18-27-28-19(30-18)25-9-20(2,3)10-29)26-17-14(11)7-13(12-4-5-12)8-15(17)21(22,23)24;1-10-7-16(18-26-27-19(29-18)24-6-5-11(2)28)25-17-14(10)8-13(12-3-4-12)9-15(17)20(21,22)23;2*1-9-4-15(17-25-26-18(29-17)23-7-12(28)8-27)24-16-13(9)5-11(10-2-3-10)6-14(16)19(20,21)22/h6-8,12,29H,4-5,9-10H2,1-3H3,(H,25,28);7-9,11-12,28H,3-6H2,1-2H3,(H,24,27);2*4-6,10,12,27-28H,2-3,7-8H2,1H3,(H,23,26)/t;;12-;/m..1./s1. The second-order valence-electron chi connectivity index (χ2n) is 30.6.